The minimum absolute atomic E-state index is 0. The number of halogens is 6. The zero-order chi connectivity index (χ0) is 39.7. The molecule has 0 aromatic heterocycles. The van der Waals surface area contributed by atoms with E-state index in [1.54, 1.807) is 16.7 Å². The van der Waals surface area contributed by atoms with Crippen molar-refractivity contribution in [3.8, 4) is 0 Å². The van der Waals surface area contributed by atoms with Gasteiger partial charge >= 0.3 is 62.4 Å². The number of hydrogen-bond donors (Lipinski definition) is 2. The summed E-state index contributed by atoms with van der Waals surface area (Å²) in [6.07, 6.45) is 9.75. The number of methoxy groups -OCH3 is 1. The van der Waals surface area contributed by atoms with E-state index in [2.05, 4.69) is 95.2 Å². The molecule has 0 bridgehead atoms. The fourth-order valence-electron chi connectivity index (χ4n) is 6.89. The number of esters is 1. The molecule has 0 radical (unpaired) electrons. The van der Waals surface area contributed by atoms with E-state index in [-0.39, 0.29) is 59.6 Å². The second-order valence-electron chi connectivity index (χ2n) is 12.8. The monoisotopic (exact) mass is 1410 g/mol. The number of nitrogens with two attached hydrogens (primary N) is 1. The Morgan fingerprint density at radius 1 is 0.712 bits per heavy atom. The summed E-state index contributed by atoms with van der Waals surface area (Å²) in [6.45, 7) is 13.9. The number of hydrogen-bond acceptors (Lipinski definition) is 7. The number of carbonyl (C=O) groups is 6. The third-order valence-corrected chi connectivity index (χ3v) is 9.18. The van der Waals surface area contributed by atoms with Gasteiger partial charge in [0.2, 0.25) is 23.6 Å². The summed E-state index contributed by atoms with van der Waals surface area (Å²) < 4.78 is 4.73. The molecule has 12 nitrogen and oxygen atoms in total. The van der Waals surface area contributed by atoms with Crippen LogP contribution in [0.2, 0.25) is 0 Å². The first-order valence-electron chi connectivity index (χ1n) is 17.7. The van der Waals surface area contributed by atoms with Crippen molar-refractivity contribution in [1.82, 2.24) is 14.7 Å². The summed E-state index contributed by atoms with van der Waals surface area (Å²) in [7, 11) is 1.37. The van der Waals surface area contributed by atoms with Gasteiger partial charge in [-0.3, -0.25) is 19.2 Å². The number of rotatable bonds is 15. The fourth-order valence-corrected chi connectivity index (χ4v) is 6.89. The molecule has 52 heavy (non-hydrogen) atoms. The van der Waals surface area contributed by atoms with Crippen LogP contribution in [0.4, 0.5) is 0 Å². The van der Waals surface area contributed by atoms with E-state index in [1.807, 2.05) is 13.8 Å². The quantitative estimate of drug-likeness (QED) is 0.168. The molecule has 0 spiro atoms. The van der Waals surface area contributed by atoms with Crippen molar-refractivity contribution in [3.05, 3.63) is 0 Å². The van der Waals surface area contributed by atoms with Gasteiger partial charge in [-0.25, -0.2) is 9.59 Å². The zero-order valence-electron chi connectivity index (χ0n) is 31.6. The molecule has 3 heterocycles. The molecule has 3 unspecified atom stereocenters. The third-order valence-electron chi connectivity index (χ3n) is 9.18. The molecule has 3 aliphatic heterocycles. The minimum atomic E-state index is -0.886. The molecule has 0 aromatic rings. The molecule has 308 valence electrons. The topological polar surface area (TPSA) is 168 Å². The molecule has 6 atom stereocenters. The van der Waals surface area contributed by atoms with E-state index in [1.165, 1.54) is 12.0 Å². The predicted molar refractivity (Wildman–Crippen MR) is 247 cm³/mol. The molecule has 0 aromatic carbocycles. The van der Waals surface area contributed by atoms with Crippen LogP contribution in [0.15, 0.2) is 0 Å². The molecule has 3 N–H and O–H groups in total. The van der Waals surface area contributed by atoms with Crippen molar-refractivity contribution in [2.24, 2.45) is 23.5 Å². The first kappa shape index (κ1) is 57.5. The second-order valence-corrected chi connectivity index (χ2v) is 29.1. The van der Waals surface area contributed by atoms with Crippen LogP contribution in [0.1, 0.15) is 119 Å². The van der Waals surface area contributed by atoms with Gasteiger partial charge in [0.25, 0.3) is 0 Å². The second kappa shape index (κ2) is 34.3. The summed E-state index contributed by atoms with van der Waals surface area (Å²) in [4.78, 5) is 73.6. The summed E-state index contributed by atoms with van der Waals surface area (Å²) in [6, 6.07) is -1.42. The van der Waals surface area contributed by atoms with Gasteiger partial charge < -0.3 is 30.3 Å². The van der Waals surface area contributed by atoms with Gasteiger partial charge in [-0.15, -0.1) is 24.0 Å². The Morgan fingerprint density at radius 3 is 1.23 bits per heavy atom. The molecular weight excluding hydrogens is 1350 g/mol. The van der Waals surface area contributed by atoms with E-state index in [4.69, 9.17) is 15.6 Å². The van der Waals surface area contributed by atoms with Gasteiger partial charge in [0.15, 0.2) is 0 Å². The van der Waals surface area contributed by atoms with E-state index in [0.717, 1.165) is 38.5 Å². The first-order valence-corrected chi connectivity index (χ1v) is 36.6. The van der Waals surface area contributed by atoms with Crippen molar-refractivity contribution in [1.29, 1.82) is 0 Å². The molecule has 3 aliphatic rings. The summed E-state index contributed by atoms with van der Waals surface area (Å²) in [5.41, 5.74) is 5.28. The number of primary amides is 1. The Bertz CT molecular complexity index is 1010. The Morgan fingerprint density at radius 2 is 1.00 bits per heavy atom. The zero-order valence-corrected chi connectivity index (χ0v) is 44.7. The average molecular weight is 1420 g/mol. The van der Waals surface area contributed by atoms with Gasteiger partial charge in [0.1, 0.15) is 18.1 Å². The van der Waals surface area contributed by atoms with Crippen LogP contribution < -0.4 is 19.0 Å². The number of amides is 4. The van der Waals surface area contributed by atoms with Crippen molar-refractivity contribution in [2.45, 2.75) is 137 Å². The van der Waals surface area contributed by atoms with Gasteiger partial charge in [-0.1, -0.05) is 60.8 Å². The number of carboxylic acid groups (broad SMARTS) is 1. The maximum absolute atomic E-state index is 11.8. The van der Waals surface area contributed by atoms with E-state index in [0.29, 0.717) is 89.2 Å². The van der Waals surface area contributed by atoms with Crippen LogP contribution in [0, 0.1) is 17.8 Å². The number of ether oxygens (including phenoxy) is 1. The Hall–Kier alpha value is 1.20. The molecule has 3 rings (SSSR count). The van der Waals surface area contributed by atoms with Crippen molar-refractivity contribution >= 4 is 134 Å². The summed E-state index contributed by atoms with van der Waals surface area (Å²) >= 11 is 9.54. The van der Waals surface area contributed by atoms with Crippen LogP contribution in [-0.2, 0) is 33.5 Å². The molecule has 3 fully saturated rings. The van der Waals surface area contributed by atoms with Crippen molar-refractivity contribution in [3.63, 3.8) is 0 Å². The molecule has 0 aliphatic carbocycles. The number of likely N-dealkylation sites (tertiary alicyclic amines) is 3. The van der Waals surface area contributed by atoms with Crippen LogP contribution in [0.5, 0.6) is 0 Å². The van der Waals surface area contributed by atoms with Crippen LogP contribution in [0.3, 0.4) is 0 Å². The molecular formula is C34H61I6N4O8-. The van der Waals surface area contributed by atoms with Crippen LogP contribution in [0.25, 0.3) is 0 Å². The van der Waals surface area contributed by atoms with Crippen molar-refractivity contribution in [2.75, 3.05) is 26.7 Å². The number of nitrogens with zero attached hydrogens (tertiary/aromatic N) is 3. The number of carboxylic acids is 1. The van der Waals surface area contributed by atoms with Gasteiger partial charge in [0, 0.05) is 76.1 Å². The third kappa shape index (κ3) is 21.1. The molecule has 18 heteroatoms. The SMILES string of the molecule is CCC[C@@H]1CC(=O)N(C(CC)C(=O)O)C1.CCC[C@@H]1CC(=O)N(C(CC)C(=O)OC)C1.CCC[C@@H]1CC(=O)N(C(CC)C(N)=O)C1.I.II.I[I-]I. The number of aliphatic carboxylic acids is 1. The van der Waals surface area contributed by atoms with Crippen molar-refractivity contribution < 1.29 is 51.9 Å². The van der Waals surface area contributed by atoms with Crippen LogP contribution in [-0.4, -0.2) is 100 Å². The summed E-state index contributed by atoms with van der Waals surface area (Å²) in [5, 5.41) is 8.97. The Labute approximate surface area is 382 Å². The van der Waals surface area contributed by atoms with E-state index >= 15 is 0 Å². The average Bonchev–Trinajstić information content (AvgIpc) is 3.76. The van der Waals surface area contributed by atoms with Gasteiger partial charge in [-0.05, 0) is 56.3 Å². The number of carbonyl (C=O) groups excluding carboxylic acids is 5. The standard InChI is InChI=1S/C12H21NO3.C11H20N2O2.C11H19NO3.I3.I2.HI/c1-4-6-9-7-11(14)13(8-9)10(5-2)12(15)16-3;1-3-5-8-6-10(14)13(7-8)9(4-2)11(12)15;1-3-5-8-6-10(13)12(7-8)9(4-2)11(14)15;1-3-2;1-2;/h9-10H,4-8H2,1-3H3;8-9H,3-7H2,1-2H3,(H2,12,15);8-9H,3-7H2,1-2H3,(H,14,15);;;1H/q;;;-1;;/t9-,10?;2*8-,9?;;;/m111.../s1. The van der Waals surface area contributed by atoms with E-state index in [9.17, 15) is 28.8 Å². The first-order chi connectivity index (χ1) is 24.2. The van der Waals surface area contributed by atoms with Gasteiger partial charge in [-0.2, -0.15) is 0 Å². The Balaban J connectivity index is -0.000000645. The predicted octanol–water partition coefficient (Wildman–Crippen LogP) is 5.15. The molecule has 3 saturated heterocycles. The summed E-state index contributed by atoms with van der Waals surface area (Å²) in [5.74, 6) is -0.209. The van der Waals surface area contributed by atoms with Crippen LogP contribution >= 0.6 is 98.4 Å². The molecule has 0 saturated carbocycles. The molecule has 4 amide bonds. The van der Waals surface area contributed by atoms with Gasteiger partial charge in [0.05, 0.1) is 7.11 Å². The maximum atomic E-state index is 11.8. The fraction of sp³-hybridized carbons (Fsp3) is 0.824. The van der Waals surface area contributed by atoms with E-state index < -0.39 is 18.1 Å². The Kier molecular flexibility index (Phi) is 37.9. The normalized spacial score (nSPS) is 20.8.